The second kappa shape index (κ2) is 12.3. The molecule has 33 heavy (non-hydrogen) atoms. The number of fused-ring (bicyclic) bond motifs is 1. The topological polar surface area (TPSA) is 148 Å². The summed E-state index contributed by atoms with van der Waals surface area (Å²) in [6.07, 6.45) is 5.12. The molecule has 11 heteroatoms. The van der Waals surface area contributed by atoms with Gasteiger partial charge in [0, 0.05) is 13.0 Å². The van der Waals surface area contributed by atoms with Crippen molar-refractivity contribution in [3.05, 3.63) is 29.3 Å². The van der Waals surface area contributed by atoms with Gasteiger partial charge < -0.3 is 15.8 Å². The molecular formula is C22H29ClN4O6. The fraction of sp³-hybridized carbons (Fsp3) is 0.500. The van der Waals surface area contributed by atoms with E-state index >= 15 is 0 Å². The SMILES string of the molecule is Cl.NCCCCCCCNC(=O)COc1cccc2c1C(=O)N(C1CCC(=O)NC1=O)C2=O. The van der Waals surface area contributed by atoms with E-state index in [1.165, 1.54) is 12.1 Å². The molecule has 1 aromatic carbocycles. The number of nitrogens with one attached hydrogen (secondary N) is 2. The van der Waals surface area contributed by atoms with E-state index in [2.05, 4.69) is 10.6 Å². The van der Waals surface area contributed by atoms with Crippen molar-refractivity contribution in [1.29, 1.82) is 0 Å². The fourth-order valence-corrected chi connectivity index (χ4v) is 3.83. The van der Waals surface area contributed by atoms with Gasteiger partial charge in [-0.05, 0) is 37.9 Å². The van der Waals surface area contributed by atoms with Crippen molar-refractivity contribution in [2.45, 2.75) is 51.0 Å². The van der Waals surface area contributed by atoms with E-state index in [-0.39, 0.29) is 54.6 Å². The Bertz CT molecular complexity index is 922. The smallest absolute Gasteiger partial charge is 0.266 e. The van der Waals surface area contributed by atoms with E-state index in [4.69, 9.17) is 10.5 Å². The zero-order chi connectivity index (χ0) is 23.1. The molecule has 0 aromatic heterocycles. The number of hydrogen-bond donors (Lipinski definition) is 3. The van der Waals surface area contributed by atoms with Crippen LogP contribution < -0.4 is 21.1 Å². The summed E-state index contributed by atoms with van der Waals surface area (Å²) in [5, 5.41) is 4.92. The number of benzene rings is 1. The van der Waals surface area contributed by atoms with E-state index in [0.29, 0.717) is 13.1 Å². The van der Waals surface area contributed by atoms with Crippen molar-refractivity contribution in [2.75, 3.05) is 19.7 Å². The van der Waals surface area contributed by atoms with Crippen LogP contribution in [-0.4, -0.2) is 60.2 Å². The van der Waals surface area contributed by atoms with Crippen LogP contribution >= 0.6 is 12.4 Å². The third-order valence-electron chi connectivity index (χ3n) is 5.49. The standard InChI is InChI=1S/C22H28N4O6.ClH/c23-11-4-2-1-3-5-12-24-18(28)13-32-16-8-6-7-14-19(16)22(31)26(21(14)30)15-9-10-17(27)25-20(15)29;/h6-8,15H,1-5,9-13,23H2,(H,24,28)(H,25,27,29);1H. The molecular weight excluding hydrogens is 452 g/mol. The average molecular weight is 481 g/mol. The number of imide groups is 2. The van der Waals surface area contributed by atoms with Crippen LogP contribution in [0.15, 0.2) is 18.2 Å². The number of amides is 5. The van der Waals surface area contributed by atoms with Gasteiger partial charge in [0.05, 0.1) is 11.1 Å². The minimum atomic E-state index is -1.05. The maximum Gasteiger partial charge on any atom is 0.266 e. The van der Waals surface area contributed by atoms with Crippen LogP contribution in [0.3, 0.4) is 0 Å². The zero-order valence-corrected chi connectivity index (χ0v) is 19.1. The van der Waals surface area contributed by atoms with Crippen LogP contribution in [0.2, 0.25) is 0 Å². The minimum Gasteiger partial charge on any atom is -0.483 e. The summed E-state index contributed by atoms with van der Waals surface area (Å²) >= 11 is 0. The lowest BCUT2D eigenvalue weighted by atomic mass is 10.0. The maximum atomic E-state index is 13.0. The highest BCUT2D eigenvalue weighted by Crippen LogP contribution is 2.33. The minimum absolute atomic E-state index is 0. The summed E-state index contributed by atoms with van der Waals surface area (Å²) in [5.41, 5.74) is 5.58. The van der Waals surface area contributed by atoms with Crippen molar-refractivity contribution in [1.82, 2.24) is 15.5 Å². The summed E-state index contributed by atoms with van der Waals surface area (Å²) < 4.78 is 5.54. The van der Waals surface area contributed by atoms with Gasteiger partial charge in [0.25, 0.3) is 17.7 Å². The number of ether oxygens (including phenoxy) is 1. The molecule has 180 valence electrons. The lowest BCUT2D eigenvalue weighted by Gasteiger charge is -2.27. The molecule has 2 heterocycles. The second-order valence-electron chi connectivity index (χ2n) is 7.82. The van der Waals surface area contributed by atoms with Gasteiger partial charge in [0.15, 0.2) is 6.61 Å². The van der Waals surface area contributed by atoms with Gasteiger partial charge in [0.2, 0.25) is 11.8 Å². The Morgan fingerprint density at radius 2 is 1.82 bits per heavy atom. The van der Waals surface area contributed by atoms with E-state index in [1.807, 2.05) is 0 Å². The molecule has 1 atom stereocenters. The number of piperidine rings is 1. The van der Waals surface area contributed by atoms with Crippen molar-refractivity contribution in [3.63, 3.8) is 0 Å². The van der Waals surface area contributed by atoms with Crippen LogP contribution in [0, 0.1) is 0 Å². The molecule has 1 unspecified atom stereocenters. The van der Waals surface area contributed by atoms with Gasteiger partial charge in [-0.25, -0.2) is 0 Å². The van der Waals surface area contributed by atoms with Gasteiger partial charge in [-0.1, -0.05) is 25.3 Å². The van der Waals surface area contributed by atoms with Gasteiger partial charge in [-0.15, -0.1) is 12.4 Å². The van der Waals surface area contributed by atoms with Crippen molar-refractivity contribution in [2.24, 2.45) is 5.73 Å². The molecule has 0 spiro atoms. The molecule has 5 amide bonds. The Balaban J connectivity index is 0.00000385. The number of carbonyl (C=O) groups is 5. The Hall–Kier alpha value is -2.98. The summed E-state index contributed by atoms with van der Waals surface area (Å²) in [6.45, 7) is 0.915. The van der Waals surface area contributed by atoms with Crippen LogP contribution in [-0.2, 0) is 14.4 Å². The molecule has 0 saturated carbocycles. The van der Waals surface area contributed by atoms with Crippen molar-refractivity contribution < 1.29 is 28.7 Å². The lowest BCUT2D eigenvalue weighted by molar-refractivity contribution is -0.136. The first kappa shape index (κ1) is 26.3. The molecule has 3 rings (SSSR count). The highest BCUT2D eigenvalue weighted by molar-refractivity contribution is 6.24. The van der Waals surface area contributed by atoms with Gasteiger partial charge >= 0.3 is 0 Å². The Labute approximate surface area is 198 Å². The fourth-order valence-electron chi connectivity index (χ4n) is 3.83. The first-order valence-electron chi connectivity index (χ1n) is 10.9. The predicted molar refractivity (Wildman–Crippen MR) is 121 cm³/mol. The molecule has 1 aromatic rings. The lowest BCUT2D eigenvalue weighted by Crippen LogP contribution is -2.54. The van der Waals surface area contributed by atoms with E-state index < -0.39 is 29.7 Å². The summed E-state index contributed by atoms with van der Waals surface area (Å²) in [7, 11) is 0. The van der Waals surface area contributed by atoms with Crippen molar-refractivity contribution in [3.8, 4) is 5.75 Å². The highest BCUT2D eigenvalue weighted by atomic mass is 35.5. The third kappa shape index (κ3) is 6.29. The van der Waals surface area contributed by atoms with E-state index in [9.17, 15) is 24.0 Å². The summed E-state index contributed by atoms with van der Waals surface area (Å²) in [6, 6.07) is 3.47. The molecule has 0 bridgehead atoms. The number of unbranched alkanes of at least 4 members (excludes halogenated alkanes) is 4. The number of halogens is 1. The Morgan fingerprint density at radius 3 is 2.55 bits per heavy atom. The molecule has 0 radical (unpaired) electrons. The third-order valence-corrected chi connectivity index (χ3v) is 5.49. The number of carbonyl (C=O) groups excluding carboxylic acids is 5. The maximum absolute atomic E-state index is 13.0. The first-order valence-corrected chi connectivity index (χ1v) is 10.9. The molecule has 1 fully saturated rings. The largest absolute Gasteiger partial charge is 0.483 e. The molecule has 4 N–H and O–H groups in total. The van der Waals surface area contributed by atoms with Crippen LogP contribution in [0.4, 0.5) is 0 Å². The number of nitrogens with two attached hydrogens (primary N) is 1. The predicted octanol–water partition coefficient (Wildman–Crippen LogP) is 0.914. The number of nitrogens with zero attached hydrogens (tertiary/aromatic N) is 1. The number of hydrogen-bond acceptors (Lipinski definition) is 7. The van der Waals surface area contributed by atoms with E-state index in [1.54, 1.807) is 6.07 Å². The second-order valence-corrected chi connectivity index (χ2v) is 7.82. The molecule has 1 saturated heterocycles. The van der Waals surface area contributed by atoms with Crippen LogP contribution in [0.5, 0.6) is 5.75 Å². The van der Waals surface area contributed by atoms with Gasteiger partial charge in [0.1, 0.15) is 11.8 Å². The average Bonchev–Trinajstić information content (AvgIpc) is 3.02. The van der Waals surface area contributed by atoms with Gasteiger partial charge in [-0.3, -0.25) is 34.2 Å². The molecule has 10 nitrogen and oxygen atoms in total. The quantitative estimate of drug-likeness (QED) is 0.315. The first-order chi connectivity index (χ1) is 15.4. The molecule has 2 aliphatic rings. The highest BCUT2D eigenvalue weighted by Gasteiger charge is 2.46. The zero-order valence-electron chi connectivity index (χ0n) is 18.3. The Kier molecular flexibility index (Phi) is 9.80. The molecule has 0 aliphatic carbocycles. The summed E-state index contributed by atoms with van der Waals surface area (Å²) in [4.78, 5) is 62.3. The normalized spacial score (nSPS) is 17.4. The van der Waals surface area contributed by atoms with Gasteiger partial charge in [-0.2, -0.15) is 0 Å². The molecule has 2 aliphatic heterocycles. The van der Waals surface area contributed by atoms with Crippen molar-refractivity contribution >= 4 is 41.9 Å². The monoisotopic (exact) mass is 480 g/mol. The number of rotatable bonds is 11. The van der Waals surface area contributed by atoms with E-state index in [0.717, 1.165) is 37.0 Å². The van der Waals surface area contributed by atoms with Crippen LogP contribution in [0.1, 0.15) is 65.7 Å². The summed E-state index contributed by atoms with van der Waals surface area (Å²) in [5.74, 6) is -2.64. The van der Waals surface area contributed by atoms with Crippen LogP contribution in [0.25, 0.3) is 0 Å². The Morgan fingerprint density at radius 1 is 1.09 bits per heavy atom.